The summed E-state index contributed by atoms with van der Waals surface area (Å²) in [5, 5.41) is 0. The molecule has 1 N–H and O–H groups in total. The smallest absolute Gasteiger partial charge is 0.372 e. The molecule has 0 fully saturated rings. The van der Waals surface area contributed by atoms with Crippen LogP contribution in [0.5, 0.6) is 0 Å². The van der Waals surface area contributed by atoms with Crippen molar-refractivity contribution in [2.75, 3.05) is 0 Å². The predicted octanol–water partition coefficient (Wildman–Crippen LogP) is -3.85. The second-order valence-corrected chi connectivity index (χ2v) is 1.04. The molecule has 0 radical (unpaired) electrons. The largest absolute Gasteiger partial charge is 0.433 e. The molecule has 0 spiro atoms. The van der Waals surface area contributed by atoms with Crippen LogP contribution < -0.4 is 8.40 Å². The Morgan fingerprint density at radius 2 is 1.40 bits per heavy atom. The van der Waals surface area contributed by atoms with Crippen molar-refractivity contribution in [3.63, 3.8) is 0 Å². The van der Waals surface area contributed by atoms with Gasteiger partial charge in [-0.25, -0.2) is 0 Å². The van der Waals surface area contributed by atoms with E-state index in [9.17, 15) is 0 Å². The Morgan fingerprint density at radius 1 is 1.40 bits per heavy atom. The van der Waals surface area contributed by atoms with Crippen LogP contribution in [0.4, 0.5) is 0 Å². The molecule has 0 aromatic carbocycles. The van der Waals surface area contributed by atoms with Gasteiger partial charge >= 0.3 is 37.9 Å². The van der Waals surface area contributed by atoms with Crippen LogP contribution in [0.1, 0.15) is 0 Å². The molecule has 0 aromatic rings. The molecule has 5 heteroatoms. The van der Waals surface area contributed by atoms with Crippen LogP contribution in [-0.4, -0.2) is 27.3 Å². The lowest BCUT2D eigenvalue weighted by Crippen LogP contribution is -2.30. The highest BCUT2D eigenvalue weighted by Gasteiger charge is 1.86. The Balaban J connectivity index is 0. The fourth-order valence-electron chi connectivity index (χ4n) is 0. The molecule has 0 rings (SSSR count). The van der Waals surface area contributed by atoms with Crippen molar-refractivity contribution in [3.8, 4) is 0 Å². The molecule has 30 valence electrons. The third-order valence-corrected chi connectivity index (χ3v) is 0. The molecule has 0 atom stereocenters. The second-order valence-electron chi connectivity index (χ2n) is 0.201. The highest BCUT2D eigenvalue weighted by molar-refractivity contribution is 5.75. The summed E-state index contributed by atoms with van der Waals surface area (Å²) < 4.78 is 24.3. The molecule has 0 aliphatic rings. The molecule has 0 aliphatic carbocycles. The van der Waals surface area contributed by atoms with E-state index in [1.54, 1.807) is 0 Å². The van der Waals surface area contributed by atoms with Gasteiger partial charge in [0.15, 0.2) is 0 Å². The summed E-state index contributed by atoms with van der Waals surface area (Å²) in [7, 11) is 0. The summed E-state index contributed by atoms with van der Waals surface area (Å²) in [5.41, 5.74) is 0. The minimum absolute atomic E-state index is 0. The molecule has 5 heavy (non-hydrogen) atoms. The van der Waals surface area contributed by atoms with E-state index in [4.69, 9.17) is 12.6 Å². The van der Waals surface area contributed by atoms with E-state index in [-0.39, 0.29) is 23.1 Å². The summed E-state index contributed by atoms with van der Waals surface area (Å²) in [4.78, 5) is 0. The Kier molecular flexibility index (Phi) is 9.69. The molecule has 0 saturated heterocycles. The standard InChI is InChI=1S/BrHO3.Mg.2H/c2-1(3)4;;;/h2H;;;. The maximum absolute atomic E-state index is 8.63. The summed E-state index contributed by atoms with van der Waals surface area (Å²) in [6.07, 6.45) is 0. The van der Waals surface area contributed by atoms with Crippen LogP contribution in [0, 0.1) is 14.8 Å². The first-order valence-electron chi connectivity index (χ1n) is 0.478. The van der Waals surface area contributed by atoms with Crippen LogP contribution in [0.25, 0.3) is 0 Å². The van der Waals surface area contributed by atoms with E-state index in [0.717, 1.165) is 0 Å². The topological polar surface area (TPSA) is 66.3 Å². The molecule has 0 saturated carbocycles. The summed E-state index contributed by atoms with van der Waals surface area (Å²) in [6.45, 7) is 0. The van der Waals surface area contributed by atoms with Gasteiger partial charge in [-0.15, -0.1) is 0 Å². The second kappa shape index (κ2) is 5.13. The number of hydrogen-bond donors (Lipinski definition) is 1. The molecule has 0 aliphatic heterocycles. The van der Waals surface area contributed by atoms with E-state index in [1.165, 1.54) is 0 Å². The molecular weight excluding hydrogens is 152 g/mol. The van der Waals surface area contributed by atoms with Crippen molar-refractivity contribution in [2.45, 2.75) is 0 Å². The average molecular weight is 155 g/mol. The number of rotatable bonds is 0. The first-order valence-corrected chi connectivity index (χ1v) is 2.48. The molecule has 0 aromatic heterocycles. The molecule has 0 unspecified atom stereocenters. The van der Waals surface area contributed by atoms with Gasteiger partial charge < -0.3 is 8.40 Å². The van der Waals surface area contributed by atoms with Crippen LogP contribution in [-0.2, 0) is 0 Å². The Bertz CT molecular complexity index is 11.6. The predicted molar refractivity (Wildman–Crippen MR) is 10.8 cm³/mol. The third kappa shape index (κ3) is 39.5. The Labute approximate surface area is 50.6 Å². The maximum atomic E-state index is 8.63. The minimum Gasteiger partial charge on any atom is -0.372 e. The highest BCUT2D eigenvalue weighted by Crippen LogP contribution is 1.38. The SMILES string of the molecule is [MgH2].[O-][Br+2]([O-])O. The Morgan fingerprint density at radius 3 is 1.40 bits per heavy atom. The lowest BCUT2D eigenvalue weighted by molar-refractivity contribution is -1.63. The zero-order chi connectivity index (χ0) is 3.58. The normalized spacial score (nSPS) is 7.20. The van der Waals surface area contributed by atoms with Crippen LogP contribution >= 0.6 is 0 Å². The van der Waals surface area contributed by atoms with Gasteiger partial charge in [-0.3, -0.25) is 0 Å². The van der Waals surface area contributed by atoms with Crippen LogP contribution in [0.2, 0.25) is 0 Å². The highest BCUT2D eigenvalue weighted by atomic mass is 80.0. The van der Waals surface area contributed by atoms with Crippen LogP contribution in [0.3, 0.4) is 0 Å². The van der Waals surface area contributed by atoms with Gasteiger partial charge in [0.1, 0.15) is 0 Å². The fourth-order valence-corrected chi connectivity index (χ4v) is 0. The van der Waals surface area contributed by atoms with E-state index in [1.807, 2.05) is 0 Å². The van der Waals surface area contributed by atoms with Gasteiger partial charge in [-0.2, -0.15) is 0 Å². The van der Waals surface area contributed by atoms with Gasteiger partial charge in [-0.05, 0) is 4.20 Å². The van der Waals surface area contributed by atoms with Gasteiger partial charge in [0, 0.05) is 0 Å². The van der Waals surface area contributed by atoms with Gasteiger partial charge in [0.2, 0.25) is 0 Å². The van der Waals surface area contributed by atoms with Crippen molar-refractivity contribution in [3.05, 3.63) is 0 Å². The van der Waals surface area contributed by atoms with Gasteiger partial charge in [-0.1, -0.05) is 0 Å². The molecule has 0 amide bonds. The number of halogens is 1. The maximum Gasteiger partial charge on any atom is 0.433 e. The van der Waals surface area contributed by atoms with Gasteiger partial charge in [0.25, 0.3) is 0 Å². The van der Waals surface area contributed by atoms with E-state index < -0.39 is 14.8 Å². The third-order valence-electron chi connectivity index (χ3n) is 0. The van der Waals surface area contributed by atoms with E-state index in [0.29, 0.717) is 0 Å². The first kappa shape index (κ1) is 9.46. The lowest BCUT2D eigenvalue weighted by atomic mass is 16.0. The average Bonchev–Trinajstić information content (AvgIpc) is 0.811. The minimum atomic E-state index is -3.40. The lowest BCUT2D eigenvalue weighted by Gasteiger charge is -1.69. The first-order chi connectivity index (χ1) is 1.73. The molecule has 0 heterocycles. The molecule has 0 bridgehead atoms. The van der Waals surface area contributed by atoms with Crippen molar-refractivity contribution in [1.29, 1.82) is 0 Å². The van der Waals surface area contributed by atoms with Crippen molar-refractivity contribution in [1.82, 2.24) is 0 Å². The van der Waals surface area contributed by atoms with Crippen LogP contribution in [0.15, 0.2) is 0 Å². The monoisotopic (exact) mass is 154 g/mol. The van der Waals surface area contributed by atoms with Crippen molar-refractivity contribution < 1.29 is 27.4 Å². The molecular formula is H3BrMgO3. The van der Waals surface area contributed by atoms with Crippen molar-refractivity contribution in [2.24, 2.45) is 0 Å². The van der Waals surface area contributed by atoms with Crippen molar-refractivity contribution >= 4 is 23.1 Å². The van der Waals surface area contributed by atoms with E-state index in [2.05, 4.69) is 0 Å². The number of hydrogen-bond acceptors (Lipinski definition) is 3. The quantitative estimate of drug-likeness (QED) is 0.364. The Hall–Kier alpha value is 1.13. The zero-order valence-corrected chi connectivity index (χ0v) is 3.23. The van der Waals surface area contributed by atoms with Gasteiger partial charge in [0.05, 0.1) is 0 Å². The molecule has 3 nitrogen and oxygen atoms in total. The van der Waals surface area contributed by atoms with E-state index >= 15 is 0 Å². The summed E-state index contributed by atoms with van der Waals surface area (Å²) in [5.74, 6) is 0. The summed E-state index contributed by atoms with van der Waals surface area (Å²) in [6, 6.07) is 0. The summed E-state index contributed by atoms with van der Waals surface area (Å²) >= 11 is -3.40. The zero-order valence-electron chi connectivity index (χ0n) is 1.64. The fraction of sp³-hybridized carbons (Fsp3) is 0.